The molecule has 10 nitrogen and oxygen atoms in total. The normalized spacial score (nSPS) is 15.1. The number of aryl methyl sites for hydroxylation is 2. The van der Waals surface area contributed by atoms with Gasteiger partial charge in [0.1, 0.15) is 21.8 Å². The van der Waals surface area contributed by atoms with Crippen molar-refractivity contribution < 1.29 is 19.5 Å². The van der Waals surface area contributed by atoms with Gasteiger partial charge in [-0.15, -0.1) is 31.7 Å². The SMILES string of the molecule is Cc1nnc(SCC(CSc2nnc(C)s2)=C(C(=O)O)N2CC(NC(=O)Cc3cccs3)C2=O)s1. The third kappa shape index (κ3) is 6.67. The lowest BCUT2D eigenvalue weighted by atomic mass is 10.0. The second-order valence-electron chi connectivity index (χ2n) is 7.33. The summed E-state index contributed by atoms with van der Waals surface area (Å²) in [6, 6.07) is 2.97. The number of carbonyl (C=O) groups excluding carboxylic acids is 2. The van der Waals surface area contributed by atoms with Crippen LogP contribution in [0.1, 0.15) is 14.9 Å². The number of carboxylic acid groups (broad SMARTS) is 1. The van der Waals surface area contributed by atoms with Crippen LogP contribution >= 0.6 is 57.5 Å². The maximum atomic E-state index is 12.9. The van der Waals surface area contributed by atoms with E-state index >= 15 is 0 Å². The van der Waals surface area contributed by atoms with Gasteiger partial charge in [-0.05, 0) is 30.9 Å². The predicted octanol–water partition coefficient (Wildman–Crippen LogP) is 2.86. The van der Waals surface area contributed by atoms with Gasteiger partial charge in [0, 0.05) is 16.4 Å². The van der Waals surface area contributed by atoms with E-state index in [9.17, 15) is 19.5 Å². The Morgan fingerprint density at radius 3 is 2.20 bits per heavy atom. The largest absolute Gasteiger partial charge is 0.477 e. The molecule has 4 rings (SSSR count). The quantitative estimate of drug-likeness (QED) is 0.202. The third-order valence-electron chi connectivity index (χ3n) is 4.74. The molecular weight excluding hydrogens is 549 g/mol. The molecular formula is C20H20N6O4S5. The highest BCUT2D eigenvalue weighted by Gasteiger charge is 2.42. The van der Waals surface area contributed by atoms with E-state index < -0.39 is 17.9 Å². The molecule has 1 unspecified atom stereocenters. The second kappa shape index (κ2) is 11.6. The number of aromatic nitrogens is 4. The lowest BCUT2D eigenvalue weighted by Crippen LogP contribution is -2.64. The molecule has 184 valence electrons. The number of thioether (sulfide) groups is 2. The van der Waals surface area contributed by atoms with Crippen LogP contribution in [0.3, 0.4) is 0 Å². The molecule has 1 aliphatic rings. The Morgan fingerprint density at radius 1 is 1.11 bits per heavy atom. The minimum atomic E-state index is -1.19. The summed E-state index contributed by atoms with van der Waals surface area (Å²) in [6.45, 7) is 3.80. The fourth-order valence-electron chi connectivity index (χ4n) is 3.16. The highest BCUT2D eigenvalue weighted by molar-refractivity contribution is 8.02. The monoisotopic (exact) mass is 568 g/mol. The van der Waals surface area contributed by atoms with Crippen LogP contribution in [0.4, 0.5) is 0 Å². The molecule has 4 heterocycles. The summed E-state index contributed by atoms with van der Waals surface area (Å²) in [5, 5.41) is 32.4. The van der Waals surface area contributed by atoms with Crippen LogP contribution < -0.4 is 5.32 Å². The minimum absolute atomic E-state index is 0.0683. The molecule has 1 saturated heterocycles. The highest BCUT2D eigenvalue weighted by atomic mass is 32.2. The molecule has 0 saturated carbocycles. The third-order valence-corrected chi connectivity index (χ3v) is 9.73. The van der Waals surface area contributed by atoms with Gasteiger partial charge in [0.05, 0.1) is 13.0 Å². The molecule has 0 spiro atoms. The highest BCUT2D eigenvalue weighted by Crippen LogP contribution is 2.32. The molecule has 35 heavy (non-hydrogen) atoms. The second-order valence-corrected chi connectivity index (χ2v) is 13.2. The van der Waals surface area contributed by atoms with Crippen LogP contribution in [-0.2, 0) is 20.8 Å². The first-order valence-electron chi connectivity index (χ1n) is 10.2. The number of amides is 2. The van der Waals surface area contributed by atoms with Crippen molar-refractivity contribution in [1.29, 1.82) is 0 Å². The van der Waals surface area contributed by atoms with Crippen molar-refractivity contribution in [2.45, 2.75) is 35.0 Å². The standard InChI is InChI=1S/C20H20N6O4S5/c1-10-22-24-19(34-10)32-8-12(9-33-20-25-23-11(2)35-20)16(18(29)30)26-7-14(17(26)28)21-15(27)6-13-4-3-5-31-13/h3-5,14H,6-9H2,1-2H3,(H,21,27)(H,29,30). The Bertz CT molecular complexity index is 1210. The Balaban J connectivity index is 1.48. The van der Waals surface area contributed by atoms with E-state index in [1.54, 1.807) is 0 Å². The maximum absolute atomic E-state index is 12.9. The predicted molar refractivity (Wildman–Crippen MR) is 137 cm³/mol. The molecule has 0 aliphatic carbocycles. The summed E-state index contributed by atoms with van der Waals surface area (Å²) in [6.07, 6.45) is 0.185. The van der Waals surface area contributed by atoms with Gasteiger partial charge in [0.15, 0.2) is 8.68 Å². The number of rotatable bonds is 11. The Morgan fingerprint density at radius 2 is 1.74 bits per heavy atom. The number of aliphatic carboxylic acids is 1. The van der Waals surface area contributed by atoms with Crippen molar-refractivity contribution in [3.05, 3.63) is 43.7 Å². The molecule has 15 heteroatoms. The molecule has 2 N–H and O–H groups in total. The summed E-state index contributed by atoms with van der Waals surface area (Å²) < 4.78 is 1.44. The Hall–Kier alpha value is -2.33. The molecule has 1 aliphatic heterocycles. The van der Waals surface area contributed by atoms with E-state index in [2.05, 4.69) is 25.7 Å². The number of hydrogen-bond acceptors (Lipinski definition) is 12. The molecule has 3 aromatic rings. The number of likely N-dealkylation sites (tertiary alicyclic amines) is 1. The summed E-state index contributed by atoms with van der Waals surface area (Å²) in [5.41, 5.74) is 0.492. The van der Waals surface area contributed by atoms with Gasteiger partial charge in [0.25, 0.3) is 5.91 Å². The minimum Gasteiger partial charge on any atom is -0.477 e. The van der Waals surface area contributed by atoms with E-state index in [0.717, 1.165) is 23.6 Å². The van der Waals surface area contributed by atoms with E-state index in [-0.39, 0.29) is 24.6 Å². The molecule has 3 aromatic heterocycles. The lowest BCUT2D eigenvalue weighted by molar-refractivity contribution is -0.148. The van der Waals surface area contributed by atoms with Gasteiger partial charge in [-0.2, -0.15) is 0 Å². The van der Waals surface area contributed by atoms with Crippen molar-refractivity contribution in [2.75, 3.05) is 18.1 Å². The summed E-state index contributed by atoms with van der Waals surface area (Å²) >= 11 is 7.05. The van der Waals surface area contributed by atoms with E-state index in [1.807, 2.05) is 31.4 Å². The van der Waals surface area contributed by atoms with Gasteiger partial charge >= 0.3 is 5.97 Å². The van der Waals surface area contributed by atoms with Crippen LogP contribution in [0.15, 0.2) is 37.5 Å². The summed E-state index contributed by atoms with van der Waals surface area (Å²) in [4.78, 5) is 39.6. The number of carboxylic acids is 1. The lowest BCUT2D eigenvalue weighted by Gasteiger charge is -2.39. The van der Waals surface area contributed by atoms with Gasteiger partial charge in [0.2, 0.25) is 5.91 Å². The smallest absolute Gasteiger partial charge is 0.352 e. The first kappa shape index (κ1) is 25.8. The van der Waals surface area contributed by atoms with Crippen molar-refractivity contribution in [1.82, 2.24) is 30.6 Å². The molecule has 0 bridgehead atoms. The average Bonchev–Trinajstić information content (AvgIpc) is 3.57. The van der Waals surface area contributed by atoms with Crippen molar-refractivity contribution in [3.8, 4) is 0 Å². The van der Waals surface area contributed by atoms with Crippen LogP contribution in [0.25, 0.3) is 0 Å². The van der Waals surface area contributed by atoms with Crippen LogP contribution in [-0.4, -0.2) is 72.3 Å². The number of carbonyl (C=O) groups is 3. The summed E-state index contributed by atoms with van der Waals surface area (Å²) in [5.74, 6) is -1.26. The number of β-lactam (4-membered cyclic amide) rings is 1. The Labute approximate surface area is 221 Å². The topological polar surface area (TPSA) is 138 Å². The van der Waals surface area contributed by atoms with Crippen LogP contribution in [0.5, 0.6) is 0 Å². The average molecular weight is 569 g/mol. The maximum Gasteiger partial charge on any atom is 0.352 e. The molecule has 2 amide bonds. The molecule has 0 radical (unpaired) electrons. The van der Waals surface area contributed by atoms with E-state index in [4.69, 9.17) is 0 Å². The molecule has 0 aromatic carbocycles. The number of hydrogen-bond donors (Lipinski definition) is 2. The first-order valence-corrected chi connectivity index (χ1v) is 14.7. The van der Waals surface area contributed by atoms with Crippen molar-refractivity contribution in [2.24, 2.45) is 0 Å². The van der Waals surface area contributed by atoms with Gasteiger partial charge in [-0.25, -0.2) is 4.79 Å². The number of thiophene rings is 1. The van der Waals surface area contributed by atoms with Crippen molar-refractivity contribution >= 4 is 75.3 Å². The van der Waals surface area contributed by atoms with Crippen molar-refractivity contribution in [3.63, 3.8) is 0 Å². The fraction of sp³-hybridized carbons (Fsp3) is 0.350. The van der Waals surface area contributed by atoms with Gasteiger partial charge in [-0.3, -0.25) is 9.59 Å². The number of nitrogens with one attached hydrogen (secondary N) is 1. The number of nitrogens with zero attached hydrogens (tertiary/aromatic N) is 5. The first-order chi connectivity index (χ1) is 16.8. The van der Waals surface area contributed by atoms with Gasteiger partial charge in [-0.1, -0.05) is 52.3 Å². The fourth-order valence-corrected chi connectivity index (χ4v) is 7.64. The summed E-state index contributed by atoms with van der Waals surface area (Å²) in [7, 11) is 0. The van der Waals surface area contributed by atoms with Gasteiger partial charge < -0.3 is 15.3 Å². The Kier molecular flexibility index (Phi) is 8.54. The van der Waals surface area contributed by atoms with E-state index in [1.165, 1.54) is 62.4 Å². The van der Waals surface area contributed by atoms with Crippen LogP contribution in [0, 0.1) is 13.8 Å². The van der Waals surface area contributed by atoms with Crippen LogP contribution in [0.2, 0.25) is 0 Å². The molecule has 1 fully saturated rings. The zero-order valence-corrected chi connectivity index (χ0v) is 22.7. The zero-order valence-electron chi connectivity index (χ0n) is 18.6. The van der Waals surface area contributed by atoms with E-state index in [0.29, 0.717) is 17.1 Å². The zero-order chi connectivity index (χ0) is 24.9. The molecule has 1 atom stereocenters.